The minimum Gasteiger partial charge on any atom is -0.271 e. The predicted octanol–water partition coefficient (Wildman–Crippen LogP) is 5.57. The summed E-state index contributed by atoms with van der Waals surface area (Å²) in [5.74, 6) is 1.86. The van der Waals surface area contributed by atoms with E-state index in [4.69, 9.17) is 0 Å². The van der Waals surface area contributed by atoms with Crippen LogP contribution in [-0.2, 0) is 12.3 Å². The standard InChI is InChI=1S/C24H22N4OS2/c1-16(2)19-10-8-17(9-11-19)14-27-22(29)21-20(12-13-30-21)28-23(27)25-26-24(28)31-15-18-6-4-3-5-7-18/h3-13,16H,14-15H2,1-2H3. The van der Waals surface area contributed by atoms with Gasteiger partial charge >= 0.3 is 0 Å². The predicted molar refractivity (Wildman–Crippen MR) is 128 cm³/mol. The third-order valence-electron chi connectivity index (χ3n) is 5.38. The molecule has 5 nitrogen and oxygen atoms in total. The maximum Gasteiger partial charge on any atom is 0.273 e. The molecule has 5 aromatic rings. The number of aromatic nitrogens is 4. The summed E-state index contributed by atoms with van der Waals surface area (Å²) in [6.07, 6.45) is 0. The highest BCUT2D eigenvalue weighted by Gasteiger charge is 2.18. The normalized spacial score (nSPS) is 11.7. The van der Waals surface area contributed by atoms with Crippen molar-refractivity contribution in [2.45, 2.75) is 37.2 Å². The lowest BCUT2D eigenvalue weighted by molar-refractivity contribution is 0.764. The summed E-state index contributed by atoms with van der Waals surface area (Å²) in [5, 5.41) is 11.6. The van der Waals surface area contributed by atoms with Crippen LogP contribution in [0.15, 0.2) is 76.0 Å². The summed E-state index contributed by atoms with van der Waals surface area (Å²) in [5.41, 5.74) is 4.45. The van der Waals surface area contributed by atoms with E-state index in [0.717, 1.165) is 26.7 Å². The summed E-state index contributed by atoms with van der Waals surface area (Å²) in [7, 11) is 0. The van der Waals surface area contributed by atoms with Crippen molar-refractivity contribution in [3.8, 4) is 0 Å². The maximum atomic E-state index is 13.3. The minimum atomic E-state index is -0.0163. The Morgan fingerprint density at radius 3 is 2.48 bits per heavy atom. The van der Waals surface area contributed by atoms with E-state index in [9.17, 15) is 4.79 Å². The molecule has 0 unspecified atom stereocenters. The number of thiophene rings is 1. The second-order valence-corrected chi connectivity index (χ2v) is 9.67. The molecule has 0 amide bonds. The van der Waals surface area contributed by atoms with E-state index in [-0.39, 0.29) is 5.56 Å². The summed E-state index contributed by atoms with van der Waals surface area (Å²) in [4.78, 5) is 13.3. The molecule has 0 saturated heterocycles. The summed E-state index contributed by atoms with van der Waals surface area (Å²) < 4.78 is 4.49. The third kappa shape index (κ3) is 3.79. The van der Waals surface area contributed by atoms with Crippen molar-refractivity contribution in [2.24, 2.45) is 0 Å². The van der Waals surface area contributed by atoms with Gasteiger partial charge in [0.05, 0.1) is 12.1 Å². The Hall–Kier alpha value is -2.90. The molecule has 0 fully saturated rings. The third-order valence-corrected chi connectivity index (χ3v) is 7.27. The van der Waals surface area contributed by atoms with E-state index in [1.807, 2.05) is 34.0 Å². The molecule has 0 radical (unpaired) electrons. The van der Waals surface area contributed by atoms with Crippen LogP contribution in [0.3, 0.4) is 0 Å². The average molecular weight is 447 g/mol. The molecule has 0 aliphatic rings. The zero-order valence-corrected chi connectivity index (χ0v) is 19.0. The lowest BCUT2D eigenvalue weighted by Crippen LogP contribution is -2.23. The summed E-state index contributed by atoms with van der Waals surface area (Å²) >= 11 is 3.10. The molecule has 3 heterocycles. The fraction of sp³-hybridized carbons (Fsp3) is 0.208. The van der Waals surface area contributed by atoms with Gasteiger partial charge < -0.3 is 0 Å². The van der Waals surface area contributed by atoms with Gasteiger partial charge in [-0.15, -0.1) is 21.5 Å². The lowest BCUT2D eigenvalue weighted by Gasteiger charge is -2.11. The Bertz CT molecular complexity index is 1400. The van der Waals surface area contributed by atoms with Crippen molar-refractivity contribution >= 4 is 39.1 Å². The largest absolute Gasteiger partial charge is 0.273 e. The van der Waals surface area contributed by atoms with E-state index in [0.29, 0.717) is 18.2 Å². The van der Waals surface area contributed by atoms with Gasteiger partial charge in [-0.25, -0.2) is 0 Å². The second-order valence-electron chi connectivity index (χ2n) is 7.81. The van der Waals surface area contributed by atoms with E-state index in [1.165, 1.54) is 22.5 Å². The molecule has 0 N–H and O–H groups in total. The molecule has 31 heavy (non-hydrogen) atoms. The molecule has 7 heteroatoms. The smallest absolute Gasteiger partial charge is 0.271 e. The van der Waals surface area contributed by atoms with Crippen molar-refractivity contribution in [1.29, 1.82) is 0 Å². The monoisotopic (exact) mass is 446 g/mol. The number of hydrogen-bond donors (Lipinski definition) is 0. The Labute approximate surface area is 188 Å². The molecule has 156 valence electrons. The first kappa shape index (κ1) is 20.0. The van der Waals surface area contributed by atoms with Crippen LogP contribution in [0.25, 0.3) is 16.0 Å². The highest BCUT2D eigenvalue weighted by atomic mass is 32.2. The highest BCUT2D eigenvalue weighted by Crippen LogP contribution is 2.27. The van der Waals surface area contributed by atoms with Crippen LogP contribution in [-0.4, -0.2) is 19.2 Å². The van der Waals surface area contributed by atoms with Gasteiger partial charge in [0.1, 0.15) is 4.70 Å². The Kier molecular flexibility index (Phi) is 5.38. The van der Waals surface area contributed by atoms with Crippen molar-refractivity contribution < 1.29 is 0 Å². The average Bonchev–Trinajstić information content (AvgIpc) is 3.43. The molecular weight excluding hydrogens is 424 g/mol. The molecule has 0 atom stereocenters. The van der Waals surface area contributed by atoms with E-state index < -0.39 is 0 Å². The quantitative estimate of drug-likeness (QED) is 0.320. The van der Waals surface area contributed by atoms with Gasteiger partial charge in [0, 0.05) is 5.75 Å². The highest BCUT2D eigenvalue weighted by molar-refractivity contribution is 7.98. The molecule has 2 aromatic carbocycles. The minimum absolute atomic E-state index is 0.0163. The number of rotatable bonds is 6. The van der Waals surface area contributed by atoms with Gasteiger partial charge in [-0.2, -0.15) is 0 Å². The van der Waals surface area contributed by atoms with Crippen molar-refractivity contribution in [1.82, 2.24) is 19.2 Å². The van der Waals surface area contributed by atoms with Crippen LogP contribution in [0.2, 0.25) is 0 Å². The van der Waals surface area contributed by atoms with Crippen LogP contribution < -0.4 is 5.56 Å². The number of fused-ring (bicyclic) bond motifs is 3. The molecule has 0 aliphatic heterocycles. The number of thioether (sulfide) groups is 1. The van der Waals surface area contributed by atoms with Crippen molar-refractivity contribution in [2.75, 3.05) is 0 Å². The van der Waals surface area contributed by atoms with Gasteiger partial charge in [-0.3, -0.25) is 13.8 Å². The molecule has 0 saturated carbocycles. The van der Waals surface area contributed by atoms with Gasteiger partial charge in [0.2, 0.25) is 5.78 Å². The molecule has 0 spiro atoms. The van der Waals surface area contributed by atoms with Crippen molar-refractivity contribution in [3.63, 3.8) is 0 Å². The summed E-state index contributed by atoms with van der Waals surface area (Å²) in [6, 6.07) is 20.7. The van der Waals surface area contributed by atoms with Crippen LogP contribution in [0, 0.1) is 0 Å². The maximum absolute atomic E-state index is 13.3. The molecule has 5 rings (SSSR count). The van der Waals surface area contributed by atoms with Crippen molar-refractivity contribution in [3.05, 3.63) is 93.1 Å². The molecule has 3 aromatic heterocycles. The van der Waals surface area contributed by atoms with E-state index in [1.54, 1.807) is 16.3 Å². The fourth-order valence-corrected chi connectivity index (χ4v) is 5.37. The number of nitrogens with zero attached hydrogens (tertiary/aromatic N) is 4. The van der Waals surface area contributed by atoms with Crippen LogP contribution in [0.1, 0.15) is 36.5 Å². The molecular formula is C24H22N4OS2. The van der Waals surface area contributed by atoms with E-state index in [2.05, 4.69) is 60.4 Å². The number of hydrogen-bond acceptors (Lipinski definition) is 5. The SMILES string of the molecule is CC(C)c1ccc(Cn2c(=O)c3sccc3n3c(SCc4ccccc4)nnc23)cc1. The Morgan fingerprint density at radius 1 is 0.968 bits per heavy atom. The van der Waals surface area contributed by atoms with Crippen LogP contribution >= 0.6 is 23.1 Å². The topological polar surface area (TPSA) is 52.2 Å². The van der Waals surface area contributed by atoms with Gasteiger partial charge in [-0.05, 0) is 34.1 Å². The van der Waals surface area contributed by atoms with Crippen LogP contribution in [0.5, 0.6) is 0 Å². The zero-order chi connectivity index (χ0) is 21.4. The van der Waals surface area contributed by atoms with E-state index >= 15 is 0 Å². The zero-order valence-electron chi connectivity index (χ0n) is 17.4. The van der Waals surface area contributed by atoms with Gasteiger partial charge in [-0.1, -0.05) is 80.2 Å². The first-order valence-electron chi connectivity index (χ1n) is 10.2. The second kappa shape index (κ2) is 8.32. The first-order valence-corrected chi connectivity index (χ1v) is 12.1. The van der Waals surface area contributed by atoms with Crippen LogP contribution in [0.4, 0.5) is 0 Å². The Balaban J connectivity index is 1.57. The molecule has 0 aliphatic carbocycles. The first-order chi connectivity index (χ1) is 15.1. The van der Waals surface area contributed by atoms with Gasteiger partial charge in [0.15, 0.2) is 5.16 Å². The van der Waals surface area contributed by atoms with Gasteiger partial charge in [0.25, 0.3) is 5.56 Å². The fourth-order valence-electron chi connectivity index (χ4n) is 3.65. The number of benzene rings is 2. The summed E-state index contributed by atoms with van der Waals surface area (Å²) in [6.45, 7) is 4.83. The lowest BCUT2D eigenvalue weighted by atomic mass is 10.0. The molecule has 0 bridgehead atoms. The Morgan fingerprint density at radius 2 is 1.74 bits per heavy atom.